The molecule has 0 aliphatic carbocycles. The summed E-state index contributed by atoms with van der Waals surface area (Å²) in [6.45, 7) is 7.14. The number of thioether (sulfide) groups is 1. The summed E-state index contributed by atoms with van der Waals surface area (Å²) in [5, 5.41) is 3.96. The zero-order valence-corrected chi connectivity index (χ0v) is 19.5. The van der Waals surface area contributed by atoms with Gasteiger partial charge in [-0.25, -0.2) is 0 Å². The molecule has 0 saturated heterocycles. The first-order chi connectivity index (χ1) is 14.9. The summed E-state index contributed by atoms with van der Waals surface area (Å²) in [5.41, 5.74) is 2.15. The van der Waals surface area contributed by atoms with Crippen LogP contribution >= 0.6 is 11.8 Å². The third kappa shape index (κ3) is 5.69. The van der Waals surface area contributed by atoms with Gasteiger partial charge in [0, 0.05) is 30.0 Å². The molecule has 1 aliphatic heterocycles. The van der Waals surface area contributed by atoms with Crippen molar-refractivity contribution in [1.82, 2.24) is 5.32 Å². The van der Waals surface area contributed by atoms with Gasteiger partial charge in [-0.05, 0) is 36.1 Å². The Morgan fingerprint density at radius 2 is 1.71 bits per heavy atom. The zero-order chi connectivity index (χ0) is 22.4. The predicted molar refractivity (Wildman–Crippen MR) is 124 cm³/mol. The van der Waals surface area contributed by atoms with Gasteiger partial charge >= 0.3 is 11.9 Å². The number of benzene rings is 2. The van der Waals surface area contributed by atoms with Crippen molar-refractivity contribution in [3.63, 3.8) is 0 Å². The quantitative estimate of drug-likeness (QED) is 0.442. The number of carbonyl (C=O) groups excluding carboxylic acids is 2. The van der Waals surface area contributed by atoms with E-state index in [1.807, 2.05) is 30.3 Å². The normalized spacial score (nSPS) is 20.5. The molecule has 5 nitrogen and oxygen atoms in total. The summed E-state index contributed by atoms with van der Waals surface area (Å²) in [6, 6.07) is 13.9. The van der Waals surface area contributed by atoms with E-state index in [1.54, 1.807) is 11.8 Å². The highest BCUT2D eigenvalue weighted by Crippen LogP contribution is 2.45. The van der Waals surface area contributed by atoms with E-state index in [0.717, 1.165) is 47.5 Å². The molecule has 1 heterocycles. The number of carbonyl (C=O) groups is 2. The van der Waals surface area contributed by atoms with E-state index in [-0.39, 0.29) is 23.1 Å². The van der Waals surface area contributed by atoms with Gasteiger partial charge in [-0.1, -0.05) is 57.0 Å². The smallest absolute Gasteiger partial charge is 0.308 e. The Labute approximate surface area is 188 Å². The Morgan fingerprint density at radius 3 is 2.29 bits per heavy atom. The molecule has 0 unspecified atom stereocenters. The van der Waals surface area contributed by atoms with Crippen LogP contribution in [-0.4, -0.2) is 23.2 Å². The van der Waals surface area contributed by atoms with Crippen LogP contribution in [0.15, 0.2) is 47.4 Å². The highest BCUT2D eigenvalue weighted by Gasteiger charge is 2.36. The van der Waals surface area contributed by atoms with Crippen molar-refractivity contribution in [3.8, 4) is 11.5 Å². The maximum atomic E-state index is 11.7. The van der Waals surface area contributed by atoms with E-state index in [1.165, 1.54) is 13.8 Å². The van der Waals surface area contributed by atoms with Crippen LogP contribution in [-0.2, 0) is 9.59 Å². The largest absolute Gasteiger partial charge is 0.423 e. The molecule has 0 aromatic heterocycles. The second kappa shape index (κ2) is 10.3. The van der Waals surface area contributed by atoms with Gasteiger partial charge in [0.25, 0.3) is 0 Å². The number of rotatable bonds is 7. The zero-order valence-electron chi connectivity index (χ0n) is 18.7. The molecule has 0 spiro atoms. The monoisotopic (exact) mass is 441 g/mol. The number of hydrogen-bond acceptors (Lipinski definition) is 6. The molecule has 0 bridgehead atoms. The second-order valence-electron chi connectivity index (χ2n) is 8.04. The summed E-state index contributed by atoms with van der Waals surface area (Å²) >= 11 is 1.76. The van der Waals surface area contributed by atoms with Crippen LogP contribution < -0.4 is 14.8 Å². The van der Waals surface area contributed by atoms with E-state index in [4.69, 9.17) is 9.47 Å². The SMILES string of the molecule is CCCC[C@]1(CC)CSc2cc(OC(C)=O)c(OC(C)=O)cc2[C@@H](c2ccccc2)N1. The summed E-state index contributed by atoms with van der Waals surface area (Å²) < 4.78 is 10.8. The molecule has 0 saturated carbocycles. The Hall–Kier alpha value is -2.31. The Balaban J connectivity index is 2.14. The van der Waals surface area contributed by atoms with Gasteiger partial charge in [-0.2, -0.15) is 0 Å². The van der Waals surface area contributed by atoms with Crippen molar-refractivity contribution >= 4 is 23.7 Å². The first-order valence-electron chi connectivity index (χ1n) is 10.9. The van der Waals surface area contributed by atoms with Gasteiger partial charge in [-0.3, -0.25) is 14.9 Å². The van der Waals surface area contributed by atoms with Crippen molar-refractivity contribution in [2.45, 2.75) is 69.9 Å². The van der Waals surface area contributed by atoms with E-state index in [9.17, 15) is 9.59 Å². The molecule has 1 N–H and O–H groups in total. The van der Waals surface area contributed by atoms with E-state index < -0.39 is 11.9 Å². The van der Waals surface area contributed by atoms with Crippen molar-refractivity contribution in [2.75, 3.05) is 5.75 Å². The summed E-state index contributed by atoms with van der Waals surface area (Å²) in [4.78, 5) is 24.4. The van der Waals surface area contributed by atoms with Crippen LogP contribution in [0.5, 0.6) is 11.5 Å². The molecule has 3 rings (SSSR count). The van der Waals surface area contributed by atoms with Crippen molar-refractivity contribution in [1.29, 1.82) is 0 Å². The first kappa shape index (κ1) is 23.4. The summed E-state index contributed by atoms with van der Waals surface area (Å²) in [7, 11) is 0. The fourth-order valence-electron chi connectivity index (χ4n) is 3.97. The van der Waals surface area contributed by atoms with Crippen molar-refractivity contribution in [3.05, 3.63) is 53.6 Å². The Bertz CT molecular complexity index is 931. The van der Waals surface area contributed by atoms with E-state index >= 15 is 0 Å². The minimum Gasteiger partial charge on any atom is -0.423 e. The number of fused-ring (bicyclic) bond motifs is 1. The molecule has 2 atom stereocenters. The maximum absolute atomic E-state index is 11.7. The predicted octanol–water partition coefficient (Wildman–Crippen LogP) is 5.66. The number of esters is 2. The third-order valence-electron chi connectivity index (χ3n) is 5.67. The molecular formula is C25H31NO4S. The number of nitrogens with one attached hydrogen (secondary N) is 1. The average molecular weight is 442 g/mol. The first-order valence-corrected chi connectivity index (χ1v) is 11.9. The molecule has 0 amide bonds. The maximum Gasteiger partial charge on any atom is 0.308 e. The minimum absolute atomic E-state index is 0.0244. The van der Waals surface area contributed by atoms with Gasteiger partial charge in [0.05, 0.1) is 6.04 Å². The second-order valence-corrected chi connectivity index (χ2v) is 9.06. The van der Waals surface area contributed by atoms with Crippen LogP contribution in [0.2, 0.25) is 0 Å². The molecule has 0 fully saturated rings. The molecule has 31 heavy (non-hydrogen) atoms. The van der Waals surface area contributed by atoms with Gasteiger partial charge in [0.15, 0.2) is 11.5 Å². The molecule has 166 valence electrons. The molecular weight excluding hydrogens is 410 g/mol. The lowest BCUT2D eigenvalue weighted by Gasteiger charge is -2.36. The van der Waals surface area contributed by atoms with Crippen LogP contribution in [0.3, 0.4) is 0 Å². The van der Waals surface area contributed by atoms with Gasteiger partial charge in [0.2, 0.25) is 0 Å². The van der Waals surface area contributed by atoms with E-state index in [0.29, 0.717) is 0 Å². The topological polar surface area (TPSA) is 64.6 Å². The Kier molecular flexibility index (Phi) is 7.79. The fourth-order valence-corrected chi connectivity index (χ4v) is 5.36. The number of ether oxygens (including phenoxy) is 2. The van der Waals surface area contributed by atoms with E-state index in [2.05, 4.69) is 31.3 Å². The standard InChI is InChI=1S/C25H31NO4S/c1-5-7-13-25(6-2)16-31-23-15-22(30-18(4)28)21(29-17(3)27)14-20(23)24(26-25)19-11-9-8-10-12-19/h8-12,14-15,24,26H,5-7,13,16H2,1-4H3/t24-,25-/m1/s1. The highest BCUT2D eigenvalue weighted by atomic mass is 32.2. The molecule has 1 aliphatic rings. The van der Waals surface area contributed by atoms with Gasteiger partial charge in [0.1, 0.15) is 0 Å². The molecule has 6 heteroatoms. The van der Waals surface area contributed by atoms with Gasteiger partial charge < -0.3 is 9.47 Å². The lowest BCUT2D eigenvalue weighted by atomic mass is 9.88. The number of unbranched alkanes of at least 4 members (excludes halogenated alkanes) is 1. The number of hydrogen-bond donors (Lipinski definition) is 1. The van der Waals surface area contributed by atoms with Crippen LogP contribution in [0.1, 0.15) is 70.5 Å². The Morgan fingerprint density at radius 1 is 1.06 bits per heavy atom. The fraction of sp³-hybridized carbons (Fsp3) is 0.440. The summed E-state index contributed by atoms with van der Waals surface area (Å²) in [5.74, 6) is 0.549. The average Bonchev–Trinajstić information content (AvgIpc) is 2.90. The lowest BCUT2D eigenvalue weighted by Crippen LogP contribution is -2.48. The molecule has 2 aromatic carbocycles. The van der Waals surface area contributed by atoms with Crippen molar-refractivity contribution < 1.29 is 19.1 Å². The van der Waals surface area contributed by atoms with Crippen LogP contribution in [0, 0.1) is 0 Å². The highest BCUT2D eigenvalue weighted by molar-refractivity contribution is 7.99. The van der Waals surface area contributed by atoms with Crippen LogP contribution in [0.4, 0.5) is 0 Å². The molecule has 0 radical (unpaired) electrons. The van der Waals surface area contributed by atoms with Crippen LogP contribution in [0.25, 0.3) is 0 Å². The lowest BCUT2D eigenvalue weighted by molar-refractivity contribution is -0.134. The third-order valence-corrected chi connectivity index (χ3v) is 7.03. The van der Waals surface area contributed by atoms with Gasteiger partial charge in [-0.15, -0.1) is 11.8 Å². The van der Waals surface area contributed by atoms with Crippen molar-refractivity contribution in [2.24, 2.45) is 0 Å². The summed E-state index contributed by atoms with van der Waals surface area (Å²) in [6.07, 6.45) is 4.38. The molecule has 2 aromatic rings. The minimum atomic E-state index is -0.454.